The molecule has 2 aromatic heterocycles. The van der Waals surface area contributed by atoms with Crippen LogP contribution in [0.15, 0.2) is 39.7 Å². The van der Waals surface area contributed by atoms with Gasteiger partial charge in [-0.25, -0.2) is 0 Å². The quantitative estimate of drug-likeness (QED) is 0.379. The third-order valence-electron chi connectivity index (χ3n) is 5.50. The van der Waals surface area contributed by atoms with Crippen LogP contribution in [0.5, 0.6) is 0 Å². The Bertz CT molecular complexity index is 940. The second-order valence-corrected chi connectivity index (χ2v) is 7.65. The van der Waals surface area contributed by atoms with Gasteiger partial charge in [-0.2, -0.15) is 0 Å². The number of fused-ring (bicyclic) bond motifs is 2. The number of furan rings is 1. The fourth-order valence-corrected chi connectivity index (χ4v) is 3.87. The second kappa shape index (κ2) is 9.11. The molecular formula is C22H30N6O. The topological polar surface area (TPSA) is 80.3 Å². The molecule has 3 heterocycles. The minimum atomic E-state index is 0.0286. The largest absolute Gasteiger partial charge is 0.459 e. The first-order chi connectivity index (χ1) is 14.2. The summed E-state index contributed by atoms with van der Waals surface area (Å²) >= 11 is 0. The SMILES string of the molecule is CN=C(NCCCc1nnc2n1CCCCC2)NC(C)c1cc2ccccc2o1. The van der Waals surface area contributed by atoms with Crippen LogP contribution in [-0.4, -0.2) is 34.3 Å². The van der Waals surface area contributed by atoms with Crippen molar-refractivity contribution < 1.29 is 4.42 Å². The Kier molecular flexibility index (Phi) is 6.12. The molecule has 0 fully saturated rings. The van der Waals surface area contributed by atoms with Crippen molar-refractivity contribution in [3.63, 3.8) is 0 Å². The number of hydrogen-bond acceptors (Lipinski definition) is 4. The lowest BCUT2D eigenvalue weighted by Crippen LogP contribution is -2.39. The van der Waals surface area contributed by atoms with Gasteiger partial charge in [0.2, 0.25) is 0 Å². The van der Waals surface area contributed by atoms with E-state index in [4.69, 9.17) is 4.42 Å². The van der Waals surface area contributed by atoms with E-state index in [1.807, 2.05) is 18.2 Å². The Morgan fingerprint density at radius 3 is 3.00 bits per heavy atom. The zero-order chi connectivity index (χ0) is 20.1. The molecule has 0 bridgehead atoms. The summed E-state index contributed by atoms with van der Waals surface area (Å²) in [6.45, 7) is 3.97. The van der Waals surface area contributed by atoms with Gasteiger partial charge in [-0.3, -0.25) is 4.99 Å². The van der Waals surface area contributed by atoms with Crippen molar-refractivity contribution in [2.45, 2.75) is 58.0 Å². The zero-order valence-corrected chi connectivity index (χ0v) is 17.3. The van der Waals surface area contributed by atoms with E-state index >= 15 is 0 Å². The van der Waals surface area contributed by atoms with E-state index in [2.05, 4.69) is 49.4 Å². The molecule has 154 valence electrons. The molecule has 0 radical (unpaired) electrons. The molecule has 0 aliphatic carbocycles. The van der Waals surface area contributed by atoms with E-state index in [0.717, 1.165) is 66.7 Å². The Morgan fingerprint density at radius 2 is 2.14 bits per heavy atom. The third-order valence-corrected chi connectivity index (χ3v) is 5.50. The fourth-order valence-electron chi connectivity index (χ4n) is 3.87. The molecule has 2 N–H and O–H groups in total. The fraction of sp³-hybridized carbons (Fsp3) is 0.500. The van der Waals surface area contributed by atoms with Gasteiger partial charge in [0.15, 0.2) is 5.96 Å². The predicted octanol–water partition coefficient (Wildman–Crippen LogP) is 3.61. The normalized spacial score (nSPS) is 15.7. The Labute approximate surface area is 171 Å². The molecule has 1 atom stereocenters. The third kappa shape index (κ3) is 4.60. The Morgan fingerprint density at radius 1 is 1.24 bits per heavy atom. The number of guanidine groups is 1. The highest BCUT2D eigenvalue weighted by Crippen LogP contribution is 2.23. The maximum Gasteiger partial charge on any atom is 0.191 e. The van der Waals surface area contributed by atoms with Gasteiger partial charge in [0, 0.05) is 38.4 Å². The van der Waals surface area contributed by atoms with Crippen LogP contribution in [0.3, 0.4) is 0 Å². The van der Waals surface area contributed by atoms with Crippen LogP contribution in [-0.2, 0) is 19.4 Å². The van der Waals surface area contributed by atoms with E-state index in [1.54, 1.807) is 7.05 Å². The molecule has 0 saturated carbocycles. The summed E-state index contributed by atoms with van der Waals surface area (Å²) in [4.78, 5) is 4.34. The highest BCUT2D eigenvalue weighted by atomic mass is 16.3. The van der Waals surface area contributed by atoms with E-state index in [-0.39, 0.29) is 6.04 Å². The summed E-state index contributed by atoms with van der Waals surface area (Å²) in [7, 11) is 1.79. The number of aromatic nitrogens is 3. The minimum absolute atomic E-state index is 0.0286. The summed E-state index contributed by atoms with van der Waals surface area (Å²) in [5, 5.41) is 16.7. The molecule has 0 spiro atoms. The summed E-state index contributed by atoms with van der Waals surface area (Å²) in [5.74, 6) is 3.95. The molecule has 1 aromatic carbocycles. The molecule has 29 heavy (non-hydrogen) atoms. The van der Waals surface area contributed by atoms with Crippen molar-refractivity contribution in [3.8, 4) is 0 Å². The van der Waals surface area contributed by atoms with Gasteiger partial charge in [0.05, 0.1) is 6.04 Å². The average Bonchev–Trinajstić information content (AvgIpc) is 3.27. The Hall–Kier alpha value is -2.83. The van der Waals surface area contributed by atoms with Gasteiger partial charge in [-0.15, -0.1) is 10.2 Å². The number of benzene rings is 1. The lowest BCUT2D eigenvalue weighted by atomic mass is 10.2. The highest BCUT2D eigenvalue weighted by molar-refractivity contribution is 5.81. The monoisotopic (exact) mass is 394 g/mol. The number of hydrogen-bond donors (Lipinski definition) is 2. The van der Waals surface area contributed by atoms with Crippen molar-refractivity contribution in [1.29, 1.82) is 0 Å². The summed E-state index contributed by atoms with van der Waals surface area (Å²) < 4.78 is 8.27. The van der Waals surface area contributed by atoms with Crippen molar-refractivity contribution in [2.24, 2.45) is 4.99 Å². The van der Waals surface area contributed by atoms with Crippen molar-refractivity contribution in [2.75, 3.05) is 13.6 Å². The smallest absolute Gasteiger partial charge is 0.191 e. The molecule has 1 aliphatic rings. The molecule has 0 amide bonds. The van der Waals surface area contributed by atoms with Gasteiger partial charge < -0.3 is 19.6 Å². The summed E-state index contributed by atoms with van der Waals surface area (Å²) in [6, 6.07) is 10.2. The lowest BCUT2D eigenvalue weighted by molar-refractivity contribution is 0.488. The molecule has 1 unspecified atom stereocenters. The number of aryl methyl sites for hydroxylation is 2. The summed E-state index contributed by atoms with van der Waals surface area (Å²) in [6.07, 6.45) is 6.71. The Balaban J connectivity index is 1.27. The van der Waals surface area contributed by atoms with E-state index < -0.39 is 0 Å². The first kappa shape index (κ1) is 19.5. The average molecular weight is 395 g/mol. The maximum absolute atomic E-state index is 5.95. The van der Waals surface area contributed by atoms with Gasteiger partial charge in [-0.1, -0.05) is 24.6 Å². The molecule has 7 heteroatoms. The first-order valence-corrected chi connectivity index (χ1v) is 10.6. The van der Waals surface area contributed by atoms with Crippen LogP contribution >= 0.6 is 0 Å². The lowest BCUT2D eigenvalue weighted by Gasteiger charge is -2.16. The molecule has 4 rings (SSSR count). The molecule has 7 nitrogen and oxygen atoms in total. The van der Waals surface area contributed by atoms with E-state index in [9.17, 15) is 0 Å². The predicted molar refractivity (Wildman–Crippen MR) is 115 cm³/mol. The number of aliphatic imine (C=N–C) groups is 1. The maximum atomic E-state index is 5.95. The van der Waals surface area contributed by atoms with Crippen molar-refractivity contribution in [3.05, 3.63) is 47.7 Å². The highest BCUT2D eigenvalue weighted by Gasteiger charge is 2.15. The van der Waals surface area contributed by atoms with Crippen LogP contribution in [0, 0.1) is 0 Å². The molecular weight excluding hydrogens is 364 g/mol. The van der Waals surface area contributed by atoms with Gasteiger partial charge in [0.25, 0.3) is 0 Å². The van der Waals surface area contributed by atoms with Gasteiger partial charge >= 0.3 is 0 Å². The van der Waals surface area contributed by atoms with Crippen LogP contribution in [0.1, 0.15) is 56.1 Å². The van der Waals surface area contributed by atoms with Gasteiger partial charge in [0.1, 0.15) is 23.0 Å². The second-order valence-electron chi connectivity index (χ2n) is 7.65. The number of rotatable bonds is 6. The number of nitrogens with one attached hydrogen (secondary N) is 2. The van der Waals surface area contributed by atoms with Crippen molar-refractivity contribution >= 4 is 16.9 Å². The van der Waals surface area contributed by atoms with Crippen LogP contribution in [0.2, 0.25) is 0 Å². The molecule has 3 aromatic rings. The zero-order valence-electron chi connectivity index (χ0n) is 17.3. The number of para-hydroxylation sites is 1. The first-order valence-electron chi connectivity index (χ1n) is 10.6. The van der Waals surface area contributed by atoms with Crippen LogP contribution in [0.25, 0.3) is 11.0 Å². The standard InChI is InChI=1S/C22H30N6O/c1-16(19-15-17-9-5-6-10-18(17)29-19)25-22(23-2)24-13-8-12-21-27-26-20-11-4-3-7-14-28(20)21/h5-6,9-10,15-16H,3-4,7-8,11-14H2,1-2H3,(H2,23,24,25). The number of nitrogens with zero attached hydrogens (tertiary/aromatic N) is 4. The van der Waals surface area contributed by atoms with Crippen LogP contribution < -0.4 is 10.6 Å². The minimum Gasteiger partial charge on any atom is -0.459 e. The summed E-state index contributed by atoms with van der Waals surface area (Å²) in [5.41, 5.74) is 0.909. The molecule has 0 saturated heterocycles. The van der Waals surface area contributed by atoms with E-state index in [1.165, 1.54) is 19.3 Å². The molecule has 1 aliphatic heterocycles. The van der Waals surface area contributed by atoms with E-state index in [0.29, 0.717) is 0 Å². The van der Waals surface area contributed by atoms with Crippen molar-refractivity contribution in [1.82, 2.24) is 25.4 Å². The van der Waals surface area contributed by atoms with Gasteiger partial charge in [-0.05, 0) is 38.3 Å². The van der Waals surface area contributed by atoms with Crippen LogP contribution in [0.4, 0.5) is 0 Å².